The molecule has 1 aromatic carbocycles. The fourth-order valence-corrected chi connectivity index (χ4v) is 3.87. The molecule has 21 heavy (non-hydrogen) atoms. The Bertz CT molecular complexity index is 629. The molecule has 0 bridgehead atoms. The van der Waals surface area contributed by atoms with Crippen molar-refractivity contribution in [3.63, 3.8) is 0 Å². The molecule has 7 nitrogen and oxygen atoms in total. The number of piperidine rings is 1. The van der Waals surface area contributed by atoms with Gasteiger partial charge < -0.3 is 5.32 Å². The van der Waals surface area contributed by atoms with E-state index < -0.39 is 14.9 Å². The zero-order valence-corrected chi connectivity index (χ0v) is 12.8. The average Bonchev–Trinajstić information content (AvgIpc) is 2.41. The van der Waals surface area contributed by atoms with Gasteiger partial charge in [-0.3, -0.25) is 14.8 Å². The minimum absolute atomic E-state index is 0.0293. The summed E-state index contributed by atoms with van der Waals surface area (Å²) in [6.45, 7) is 0.803. The van der Waals surface area contributed by atoms with E-state index >= 15 is 0 Å². The minimum atomic E-state index is -3.62. The fourth-order valence-electron chi connectivity index (χ4n) is 2.25. The van der Waals surface area contributed by atoms with Gasteiger partial charge in [-0.1, -0.05) is 18.0 Å². The highest BCUT2D eigenvalue weighted by atomic mass is 35.5. The van der Waals surface area contributed by atoms with Crippen LogP contribution in [0.5, 0.6) is 0 Å². The monoisotopic (exact) mass is 333 g/mol. The molecule has 0 spiro atoms. The largest absolute Gasteiger partial charge is 0.313 e. The number of benzene rings is 1. The van der Waals surface area contributed by atoms with Gasteiger partial charge in [0.15, 0.2) is 0 Å². The van der Waals surface area contributed by atoms with Crippen molar-refractivity contribution in [3.05, 3.63) is 33.3 Å². The Labute approximate surface area is 127 Å². The Morgan fingerprint density at radius 2 is 2.19 bits per heavy atom. The van der Waals surface area contributed by atoms with E-state index in [0.29, 0.717) is 0 Å². The summed E-state index contributed by atoms with van der Waals surface area (Å²) in [5.74, 6) is -0.0774. The maximum absolute atomic E-state index is 12.1. The molecule has 0 aliphatic carbocycles. The smallest absolute Gasteiger partial charge is 0.271 e. The molecule has 1 aromatic rings. The van der Waals surface area contributed by atoms with Gasteiger partial charge in [0.2, 0.25) is 10.0 Å². The zero-order valence-electron chi connectivity index (χ0n) is 11.2. The maximum atomic E-state index is 12.1. The Hall–Kier alpha value is -1.38. The number of non-ortho nitro benzene ring substituents is 1. The van der Waals surface area contributed by atoms with Crippen molar-refractivity contribution < 1.29 is 13.3 Å². The molecule has 1 atom stereocenters. The van der Waals surface area contributed by atoms with Crippen molar-refractivity contribution in [1.29, 1.82) is 0 Å². The number of halogens is 1. The fraction of sp³-hybridized carbons (Fsp3) is 0.500. The number of hydrogen-bond donors (Lipinski definition) is 2. The van der Waals surface area contributed by atoms with Gasteiger partial charge in [-0.05, 0) is 25.5 Å². The molecule has 2 rings (SSSR count). The molecule has 1 fully saturated rings. The first-order chi connectivity index (χ1) is 9.87. The number of nitrogens with zero attached hydrogens (tertiary/aromatic N) is 1. The molecule has 116 valence electrons. The number of nitro groups is 1. The molecule has 2 N–H and O–H groups in total. The van der Waals surface area contributed by atoms with Crippen molar-refractivity contribution in [2.75, 3.05) is 17.0 Å². The molecule has 1 aliphatic heterocycles. The van der Waals surface area contributed by atoms with Gasteiger partial charge in [0.05, 0.1) is 21.4 Å². The van der Waals surface area contributed by atoms with Crippen molar-refractivity contribution >= 4 is 33.0 Å². The highest BCUT2D eigenvalue weighted by molar-refractivity contribution is 7.92. The molecule has 1 heterocycles. The van der Waals surface area contributed by atoms with Crippen LogP contribution in [0.15, 0.2) is 18.2 Å². The summed E-state index contributed by atoms with van der Waals surface area (Å²) in [6.07, 6.45) is 2.83. The first-order valence-corrected chi connectivity index (χ1v) is 8.58. The maximum Gasteiger partial charge on any atom is 0.271 e. The third-order valence-corrected chi connectivity index (χ3v) is 4.96. The van der Waals surface area contributed by atoms with Crippen molar-refractivity contribution in [3.8, 4) is 0 Å². The lowest BCUT2D eigenvalue weighted by atomic mass is 10.1. The number of hydrogen-bond acceptors (Lipinski definition) is 5. The second kappa shape index (κ2) is 6.59. The van der Waals surface area contributed by atoms with Gasteiger partial charge in [-0.15, -0.1) is 0 Å². The lowest BCUT2D eigenvalue weighted by Gasteiger charge is -2.23. The molecule has 0 aromatic heterocycles. The Morgan fingerprint density at radius 3 is 2.81 bits per heavy atom. The molecule has 1 aliphatic rings. The van der Waals surface area contributed by atoms with E-state index in [9.17, 15) is 18.5 Å². The number of nitrogens with one attached hydrogen (secondary N) is 2. The summed E-state index contributed by atoms with van der Waals surface area (Å²) in [6, 6.07) is 3.54. The summed E-state index contributed by atoms with van der Waals surface area (Å²) in [7, 11) is -3.62. The van der Waals surface area contributed by atoms with Crippen LogP contribution in [0.2, 0.25) is 5.02 Å². The SMILES string of the molecule is O=[N+]([O-])c1ccc(Cl)c(NS(=O)(=O)CC2CCCCN2)c1. The van der Waals surface area contributed by atoms with Crippen LogP contribution < -0.4 is 10.0 Å². The van der Waals surface area contributed by atoms with Gasteiger partial charge in [-0.25, -0.2) is 8.42 Å². The number of nitro benzene ring substituents is 1. The Morgan fingerprint density at radius 1 is 1.43 bits per heavy atom. The molecular weight excluding hydrogens is 318 g/mol. The minimum Gasteiger partial charge on any atom is -0.313 e. The van der Waals surface area contributed by atoms with E-state index in [1.54, 1.807) is 0 Å². The van der Waals surface area contributed by atoms with Crippen LogP contribution in [0.4, 0.5) is 11.4 Å². The van der Waals surface area contributed by atoms with E-state index in [1.165, 1.54) is 12.1 Å². The van der Waals surface area contributed by atoms with Crippen LogP contribution in [-0.4, -0.2) is 31.7 Å². The zero-order chi connectivity index (χ0) is 15.5. The third kappa shape index (κ3) is 4.55. The van der Waals surface area contributed by atoms with Crippen molar-refractivity contribution in [2.45, 2.75) is 25.3 Å². The molecule has 0 radical (unpaired) electrons. The third-order valence-electron chi connectivity index (χ3n) is 3.26. The van der Waals surface area contributed by atoms with Gasteiger partial charge in [0.25, 0.3) is 5.69 Å². The molecule has 1 unspecified atom stereocenters. The summed E-state index contributed by atoms with van der Waals surface area (Å²) >= 11 is 5.88. The van der Waals surface area contributed by atoms with Crippen molar-refractivity contribution in [1.82, 2.24) is 5.32 Å². The average molecular weight is 334 g/mol. The highest BCUT2D eigenvalue weighted by Crippen LogP contribution is 2.27. The Balaban J connectivity index is 2.12. The summed E-state index contributed by atoms with van der Waals surface area (Å²) in [5, 5.41) is 14.0. The van der Waals surface area contributed by atoms with E-state index in [4.69, 9.17) is 11.6 Å². The lowest BCUT2D eigenvalue weighted by Crippen LogP contribution is -2.40. The van der Waals surface area contributed by atoms with Gasteiger partial charge >= 0.3 is 0 Å². The Kier molecular flexibility index (Phi) is 5.02. The summed E-state index contributed by atoms with van der Waals surface area (Å²) in [4.78, 5) is 10.1. The molecule has 9 heteroatoms. The van der Waals surface area contributed by atoms with Crippen LogP contribution in [0.1, 0.15) is 19.3 Å². The van der Waals surface area contributed by atoms with E-state index in [2.05, 4.69) is 10.0 Å². The predicted octanol–water partition coefficient (Wildman–Crippen LogP) is 2.13. The second-order valence-electron chi connectivity index (χ2n) is 4.95. The molecular formula is C12H16ClN3O4S. The normalized spacial score (nSPS) is 19.2. The van der Waals surface area contributed by atoms with E-state index in [1.807, 2.05) is 0 Å². The molecule has 0 saturated carbocycles. The topological polar surface area (TPSA) is 101 Å². The van der Waals surface area contributed by atoms with Crippen molar-refractivity contribution in [2.24, 2.45) is 0 Å². The second-order valence-corrected chi connectivity index (χ2v) is 7.13. The highest BCUT2D eigenvalue weighted by Gasteiger charge is 2.22. The standard InChI is InChI=1S/C12H16ClN3O4S/c13-11-5-4-10(16(17)18)7-12(11)15-21(19,20)8-9-3-1-2-6-14-9/h4-5,7,9,14-15H,1-3,6,8H2. The van der Waals surface area contributed by atoms with Gasteiger partial charge in [0.1, 0.15) is 0 Å². The van der Waals surface area contributed by atoms with Crippen LogP contribution in [0.3, 0.4) is 0 Å². The number of rotatable bonds is 5. The van der Waals surface area contributed by atoms with E-state index in [-0.39, 0.29) is 28.2 Å². The summed E-state index contributed by atoms with van der Waals surface area (Å²) < 4.78 is 26.6. The summed E-state index contributed by atoms with van der Waals surface area (Å²) in [5.41, 5.74) is -0.186. The quantitative estimate of drug-likeness (QED) is 0.635. The molecule has 0 amide bonds. The lowest BCUT2D eigenvalue weighted by molar-refractivity contribution is -0.384. The van der Waals surface area contributed by atoms with Crippen LogP contribution in [0, 0.1) is 10.1 Å². The number of sulfonamides is 1. The first-order valence-electron chi connectivity index (χ1n) is 6.55. The molecule has 1 saturated heterocycles. The van der Waals surface area contributed by atoms with Gasteiger partial charge in [-0.2, -0.15) is 0 Å². The predicted molar refractivity (Wildman–Crippen MR) is 81.2 cm³/mol. The van der Waals surface area contributed by atoms with Crippen LogP contribution in [-0.2, 0) is 10.0 Å². The number of anilines is 1. The van der Waals surface area contributed by atoms with Crippen LogP contribution >= 0.6 is 11.6 Å². The van der Waals surface area contributed by atoms with E-state index in [0.717, 1.165) is 31.9 Å². The van der Waals surface area contributed by atoms with Gasteiger partial charge in [0, 0.05) is 18.2 Å². The van der Waals surface area contributed by atoms with Crippen LogP contribution in [0.25, 0.3) is 0 Å². The first kappa shape index (κ1) is 16.0.